The molecule has 19 heavy (non-hydrogen) atoms. The molecule has 0 amide bonds. The molecule has 0 radical (unpaired) electrons. The lowest BCUT2D eigenvalue weighted by atomic mass is 9.99. The number of nitrogens with zero attached hydrogens (tertiary/aromatic N) is 2. The summed E-state index contributed by atoms with van der Waals surface area (Å²) in [5.41, 5.74) is 5.05. The molecule has 0 spiro atoms. The molecule has 0 saturated heterocycles. The molecular weight excluding hydrogens is 254 g/mol. The summed E-state index contributed by atoms with van der Waals surface area (Å²) in [6.45, 7) is 9.63. The zero-order chi connectivity index (χ0) is 14.0. The van der Waals surface area contributed by atoms with Gasteiger partial charge in [0.25, 0.3) is 0 Å². The molecule has 0 fully saturated rings. The summed E-state index contributed by atoms with van der Waals surface area (Å²) in [5.74, 6) is 0. The van der Waals surface area contributed by atoms with Gasteiger partial charge in [-0.2, -0.15) is 5.10 Å². The first kappa shape index (κ1) is 14.3. The van der Waals surface area contributed by atoms with E-state index in [1.165, 1.54) is 21.7 Å². The van der Waals surface area contributed by atoms with E-state index in [2.05, 4.69) is 49.6 Å². The van der Waals surface area contributed by atoms with Crippen molar-refractivity contribution in [3.05, 3.63) is 38.8 Å². The first-order valence-electron chi connectivity index (χ1n) is 6.83. The van der Waals surface area contributed by atoms with E-state index in [-0.39, 0.29) is 6.04 Å². The number of hydrogen-bond donors (Lipinski definition) is 1. The predicted molar refractivity (Wildman–Crippen MR) is 81.9 cm³/mol. The van der Waals surface area contributed by atoms with E-state index in [9.17, 15) is 0 Å². The maximum Gasteiger partial charge on any atom is 0.0647 e. The summed E-state index contributed by atoms with van der Waals surface area (Å²) in [7, 11) is 2.02. The van der Waals surface area contributed by atoms with Gasteiger partial charge in [-0.1, -0.05) is 6.92 Å². The summed E-state index contributed by atoms with van der Waals surface area (Å²) < 4.78 is 1.98. The van der Waals surface area contributed by atoms with Crippen molar-refractivity contribution >= 4 is 11.3 Å². The maximum atomic E-state index is 4.55. The van der Waals surface area contributed by atoms with Crippen LogP contribution in [0.2, 0.25) is 0 Å². The highest BCUT2D eigenvalue weighted by Crippen LogP contribution is 2.30. The quantitative estimate of drug-likeness (QED) is 0.906. The van der Waals surface area contributed by atoms with Crippen LogP contribution in [0.5, 0.6) is 0 Å². The Bertz CT molecular complexity index is 554. The van der Waals surface area contributed by atoms with E-state index >= 15 is 0 Å². The molecule has 2 heterocycles. The number of nitrogens with one attached hydrogen (secondary N) is 1. The van der Waals surface area contributed by atoms with E-state index in [4.69, 9.17) is 0 Å². The molecule has 3 nitrogen and oxygen atoms in total. The fourth-order valence-electron chi connectivity index (χ4n) is 2.50. The van der Waals surface area contributed by atoms with Gasteiger partial charge < -0.3 is 5.32 Å². The largest absolute Gasteiger partial charge is 0.306 e. The van der Waals surface area contributed by atoms with Crippen LogP contribution < -0.4 is 5.32 Å². The number of aryl methyl sites for hydroxylation is 3. The molecule has 0 aromatic carbocycles. The van der Waals surface area contributed by atoms with Gasteiger partial charge in [0.05, 0.1) is 11.7 Å². The molecule has 2 aromatic rings. The Morgan fingerprint density at radius 3 is 2.58 bits per heavy atom. The van der Waals surface area contributed by atoms with E-state index in [0.29, 0.717) is 0 Å². The predicted octanol–water partition coefficient (Wildman–Crippen LogP) is 3.50. The van der Waals surface area contributed by atoms with Crippen LogP contribution in [0.15, 0.2) is 11.4 Å². The molecule has 1 unspecified atom stereocenters. The third-order valence-corrected chi connectivity index (χ3v) is 4.42. The summed E-state index contributed by atoms with van der Waals surface area (Å²) in [6.07, 6.45) is 1.14. The zero-order valence-electron chi connectivity index (χ0n) is 12.4. The standard InChI is InChI=1S/C15H23N3S/c1-6-7-16-15(13-8-10(2)19-9-13)14-11(3)17-18(5)12(14)4/h8-9,15-16H,6-7H2,1-5H3. The topological polar surface area (TPSA) is 29.9 Å². The average Bonchev–Trinajstić information content (AvgIpc) is 2.88. The number of aromatic nitrogens is 2. The van der Waals surface area contributed by atoms with Gasteiger partial charge in [-0.15, -0.1) is 11.3 Å². The second kappa shape index (κ2) is 5.88. The molecule has 0 aliphatic heterocycles. The van der Waals surface area contributed by atoms with E-state index in [1.807, 2.05) is 23.1 Å². The minimum atomic E-state index is 0.263. The normalized spacial score (nSPS) is 12.9. The zero-order valence-corrected chi connectivity index (χ0v) is 13.3. The summed E-state index contributed by atoms with van der Waals surface area (Å²) >= 11 is 1.81. The molecule has 1 N–H and O–H groups in total. The van der Waals surface area contributed by atoms with E-state index in [1.54, 1.807) is 0 Å². The van der Waals surface area contributed by atoms with Crippen molar-refractivity contribution < 1.29 is 0 Å². The SMILES string of the molecule is CCCNC(c1csc(C)c1)c1c(C)nn(C)c1C. The first-order valence-corrected chi connectivity index (χ1v) is 7.71. The van der Waals surface area contributed by atoms with Crippen LogP contribution >= 0.6 is 11.3 Å². The van der Waals surface area contributed by atoms with Gasteiger partial charge in [-0.25, -0.2) is 0 Å². The van der Waals surface area contributed by atoms with Gasteiger partial charge in [0.15, 0.2) is 0 Å². The Hall–Kier alpha value is -1.13. The van der Waals surface area contributed by atoms with Gasteiger partial charge in [-0.3, -0.25) is 4.68 Å². The van der Waals surface area contributed by atoms with Crippen molar-refractivity contribution in [1.82, 2.24) is 15.1 Å². The smallest absolute Gasteiger partial charge is 0.0647 e. The Labute approximate surface area is 119 Å². The molecular formula is C15H23N3S. The second-order valence-corrected chi connectivity index (χ2v) is 6.20. The highest BCUT2D eigenvalue weighted by atomic mass is 32.1. The lowest BCUT2D eigenvalue weighted by Gasteiger charge is -2.18. The second-order valence-electron chi connectivity index (χ2n) is 5.09. The number of thiophene rings is 1. The monoisotopic (exact) mass is 277 g/mol. The molecule has 1 atom stereocenters. The van der Waals surface area contributed by atoms with Gasteiger partial charge >= 0.3 is 0 Å². The fraction of sp³-hybridized carbons (Fsp3) is 0.533. The lowest BCUT2D eigenvalue weighted by molar-refractivity contribution is 0.594. The number of hydrogen-bond acceptors (Lipinski definition) is 3. The minimum absolute atomic E-state index is 0.263. The third kappa shape index (κ3) is 2.90. The third-order valence-electron chi connectivity index (χ3n) is 3.54. The Morgan fingerprint density at radius 2 is 2.11 bits per heavy atom. The maximum absolute atomic E-state index is 4.55. The molecule has 2 aromatic heterocycles. The van der Waals surface area contributed by atoms with Gasteiger partial charge in [-0.05, 0) is 50.7 Å². The molecule has 0 saturated carbocycles. The van der Waals surface area contributed by atoms with E-state index < -0.39 is 0 Å². The van der Waals surface area contributed by atoms with Gasteiger partial charge in [0, 0.05) is 23.2 Å². The first-order chi connectivity index (χ1) is 9.04. The van der Waals surface area contributed by atoms with Crippen LogP contribution in [-0.4, -0.2) is 16.3 Å². The molecule has 0 aliphatic rings. The molecule has 4 heteroatoms. The van der Waals surface area contributed by atoms with Gasteiger partial charge in [0.1, 0.15) is 0 Å². The summed E-state index contributed by atoms with van der Waals surface area (Å²) in [4.78, 5) is 1.36. The van der Waals surface area contributed by atoms with Crippen LogP contribution in [0.3, 0.4) is 0 Å². The Balaban J connectivity index is 2.42. The van der Waals surface area contributed by atoms with Crippen molar-refractivity contribution in [2.75, 3.05) is 6.54 Å². The van der Waals surface area contributed by atoms with Crippen molar-refractivity contribution in [3.8, 4) is 0 Å². The van der Waals surface area contributed by atoms with Crippen molar-refractivity contribution in [2.45, 2.75) is 40.2 Å². The lowest BCUT2D eigenvalue weighted by Crippen LogP contribution is -2.23. The molecule has 0 bridgehead atoms. The van der Waals surface area contributed by atoms with Crippen molar-refractivity contribution in [1.29, 1.82) is 0 Å². The van der Waals surface area contributed by atoms with Crippen LogP contribution in [0.4, 0.5) is 0 Å². The van der Waals surface area contributed by atoms with Crippen molar-refractivity contribution in [2.24, 2.45) is 7.05 Å². The van der Waals surface area contributed by atoms with Crippen LogP contribution in [0.1, 0.15) is 46.8 Å². The minimum Gasteiger partial charge on any atom is -0.306 e. The van der Waals surface area contributed by atoms with Crippen LogP contribution in [-0.2, 0) is 7.05 Å². The Kier molecular flexibility index (Phi) is 4.42. The van der Waals surface area contributed by atoms with Crippen LogP contribution in [0, 0.1) is 20.8 Å². The van der Waals surface area contributed by atoms with Gasteiger partial charge in [0.2, 0.25) is 0 Å². The summed E-state index contributed by atoms with van der Waals surface area (Å²) in [5, 5.41) is 10.5. The summed E-state index contributed by atoms with van der Waals surface area (Å²) in [6, 6.07) is 2.54. The number of rotatable bonds is 5. The van der Waals surface area contributed by atoms with Crippen LogP contribution in [0.25, 0.3) is 0 Å². The highest BCUT2D eigenvalue weighted by Gasteiger charge is 2.21. The average molecular weight is 277 g/mol. The Morgan fingerprint density at radius 1 is 1.37 bits per heavy atom. The molecule has 104 valence electrons. The highest BCUT2D eigenvalue weighted by molar-refractivity contribution is 7.10. The molecule has 0 aliphatic carbocycles. The van der Waals surface area contributed by atoms with E-state index in [0.717, 1.165) is 18.7 Å². The fourth-order valence-corrected chi connectivity index (χ4v) is 3.23. The molecule has 2 rings (SSSR count). The van der Waals surface area contributed by atoms with Crippen molar-refractivity contribution in [3.63, 3.8) is 0 Å².